The largest absolute Gasteiger partial charge is 0.397 e. The van der Waals surface area contributed by atoms with Crippen LogP contribution in [0.5, 0.6) is 0 Å². The lowest BCUT2D eigenvalue weighted by molar-refractivity contribution is 0.0833. The van der Waals surface area contributed by atoms with E-state index in [1.54, 1.807) is 19.0 Å². The highest BCUT2D eigenvalue weighted by atomic mass is 32.1. The van der Waals surface area contributed by atoms with Crippen LogP contribution in [0.2, 0.25) is 0 Å². The minimum absolute atomic E-state index is 0.0195. The molecule has 0 saturated carbocycles. The molecule has 1 aromatic rings. The predicted molar refractivity (Wildman–Crippen MR) is 85.6 cm³/mol. The maximum Gasteiger partial charge on any atom is 0.265 e. The Kier molecular flexibility index (Phi) is 4.25. The maximum atomic E-state index is 12.1. The Labute approximate surface area is 124 Å². The molecule has 2 heterocycles. The van der Waals surface area contributed by atoms with Crippen LogP contribution in [0.4, 0.5) is 10.7 Å². The van der Waals surface area contributed by atoms with E-state index in [2.05, 4.69) is 30.7 Å². The lowest BCUT2D eigenvalue weighted by Gasteiger charge is -2.42. The van der Waals surface area contributed by atoms with Crippen LogP contribution in [0.1, 0.15) is 23.5 Å². The molecule has 20 heavy (non-hydrogen) atoms. The highest BCUT2D eigenvalue weighted by Gasteiger charge is 2.28. The van der Waals surface area contributed by atoms with Crippen molar-refractivity contribution in [3.05, 3.63) is 10.9 Å². The lowest BCUT2D eigenvalue weighted by atomic mass is 10.1. The van der Waals surface area contributed by atoms with Gasteiger partial charge in [-0.2, -0.15) is 0 Å². The van der Waals surface area contributed by atoms with Crippen LogP contribution < -0.4 is 10.6 Å². The second-order valence-corrected chi connectivity index (χ2v) is 6.87. The monoisotopic (exact) mass is 296 g/mol. The Morgan fingerprint density at radius 2 is 1.90 bits per heavy atom. The van der Waals surface area contributed by atoms with Gasteiger partial charge in [0.05, 0.1) is 10.7 Å². The summed E-state index contributed by atoms with van der Waals surface area (Å²) in [6.07, 6.45) is 0. The van der Waals surface area contributed by atoms with Crippen molar-refractivity contribution in [2.75, 3.05) is 44.9 Å². The van der Waals surface area contributed by atoms with Crippen LogP contribution >= 0.6 is 11.3 Å². The average molecular weight is 296 g/mol. The molecule has 2 rings (SSSR count). The third-order valence-electron chi connectivity index (χ3n) is 4.02. The van der Waals surface area contributed by atoms with Crippen LogP contribution in [0.3, 0.4) is 0 Å². The first-order chi connectivity index (χ1) is 9.31. The molecule has 1 saturated heterocycles. The summed E-state index contributed by atoms with van der Waals surface area (Å²) in [7, 11) is 5.67. The van der Waals surface area contributed by atoms with Crippen molar-refractivity contribution in [1.29, 1.82) is 0 Å². The van der Waals surface area contributed by atoms with Gasteiger partial charge in [-0.3, -0.25) is 9.69 Å². The second kappa shape index (κ2) is 5.61. The number of amides is 1. The topological polar surface area (TPSA) is 52.8 Å². The quantitative estimate of drug-likeness (QED) is 0.900. The van der Waals surface area contributed by atoms with E-state index in [0.717, 1.165) is 18.1 Å². The summed E-state index contributed by atoms with van der Waals surface area (Å²) in [4.78, 5) is 19.0. The predicted octanol–water partition coefficient (Wildman–Crippen LogP) is 1.56. The lowest BCUT2D eigenvalue weighted by Crippen LogP contribution is -2.54. The number of rotatable bonds is 2. The molecule has 0 aromatic carbocycles. The molecule has 1 aromatic heterocycles. The first kappa shape index (κ1) is 15.1. The van der Waals surface area contributed by atoms with Crippen LogP contribution in [-0.4, -0.2) is 62.0 Å². The molecule has 1 aliphatic rings. The van der Waals surface area contributed by atoms with Crippen molar-refractivity contribution in [1.82, 2.24) is 9.80 Å². The van der Waals surface area contributed by atoms with Crippen LogP contribution in [0.15, 0.2) is 6.07 Å². The second-order valence-electron chi connectivity index (χ2n) is 5.84. The molecule has 0 spiro atoms. The van der Waals surface area contributed by atoms with Gasteiger partial charge in [-0.1, -0.05) is 0 Å². The van der Waals surface area contributed by atoms with E-state index in [1.807, 2.05) is 6.07 Å². The minimum Gasteiger partial charge on any atom is -0.397 e. The number of carbonyl (C=O) groups is 1. The van der Waals surface area contributed by atoms with E-state index in [9.17, 15) is 4.79 Å². The molecule has 0 radical (unpaired) electrons. The molecule has 112 valence electrons. The van der Waals surface area contributed by atoms with Gasteiger partial charge in [-0.15, -0.1) is 11.3 Å². The first-order valence-electron chi connectivity index (χ1n) is 6.89. The van der Waals surface area contributed by atoms with Crippen molar-refractivity contribution in [2.24, 2.45) is 0 Å². The van der Waals surface area contributed by atoms with Crippen LogP contribution in [0.25, 0.3) is 0 Å². The number of thiophene rings is 1. The van der Waals surface area contributed by atoms with Gasteiger partial charge in [0.15, 0.2) is 0 Å². The van der Waals surface area contributed by atoms with Crippen molar-refractivity contribution in [3.63, 3.8) is 0 Å². The fraction of sp³-hybridized carbons (Fsp3) is 0.643. The number of nitrogens with two attached hydrogens (primary N) is 1. The van der Waals surface area contributed by atoms with E-state index < -0.39 is 0 Å². The van der Waals surface area contributed by atoms with Gasteiger partial charge in [-0.05, 0) is 27.0 Å². The summed E-state index contributed by atoms with van der Waals surface area (Å²) in [6.45, 7) is 6.39. The van der Waals surface area contributed by atoms with Gasteiger partial charge >= 0.3 is 0 Å². The van der Waals surface area contributed by atoms with Gasteiger partial charge in [0.1, 0.15) is 4.88 Å². The molecule has 0 aliphatic carbocycles. The minimum atomic E-state index is -0.0195. The van der Waals surface area contributed by atoms with Gasteiger partial charge in [0.25, 0.3) is 5.91 Å². The van der Waals surface area contributed by atoms with Crippen LogP contribution in [0, 0.1) is 0 Å². The summed E-state index contributed by atoms with van der Waals surface area (Å²) in [6, 6.07) is 2.93. The molecule has 2 unspecified atom stereocenters. The molecule has 1 amide bonds. The van der Waals surface area contributed by atoms with Crippen molar-refractivity contribution in [2.45, 2.75) is 25.9 Å². The van der Waals surface area contributed by atoms with Crippen molar-refractivity contribution in [3.8, 4) is 0 Å². The number of nitrogen functional groups attached to an aromatic ring is 1. The Bertz CT molecular complexity index is 487. The summed E-state index contributed by atoms with van der Waals surface area (Å²) in [5, 5.41) is 1.10. The number of hydrogen-bond donors (Lipinski definition) is 1. The highest BCUT2D eigenvalue weighted by molar-refractivity contribution is 7.18. The van der Waals surface area contributed by atoms with E-state index in [1.165, 1.54) is 11.3 Å². The Balaban J connectivity index is 2.22. The zero-order chi connectivity index (χ0) is 15.0. The Morgan fingerprint density at radius 3 is 2.40 bits per heavy atom. The van der Waals surface area contributed by atoms with Crippen molar-refractivity contribution >= 4 is 27.9 Å². The van der Waals surface area contributed by atoms with Crippen LogP contribution in [-0.2, 0) is 0 Å². The van der Waals surface area contributed by atoms with Gasteiger partial charge in [0, 0.05) is 39.3 Å². The fourth-order valence-corrected chi connectivity index (χ4v) is 3.62. The number of nitrogens with zero attached hydrogens (tertiary/aromatic N) is 3. The van der Waals surface area contributed by atoms with E-state index in [0.29, 0.717) is 22.6 Å². The molecular formula is C14H24N4OS. The molecule has 2 atom stereocenters. The molecule has 2 N–H and O–H groups in total. The number of piperazine rings is 1. The molecule has 1 fully saturated rings. The number of anilines is 2. The number of carbonyl (C=O) groups excluding carboxylic acids is 1. The van der Waals surface area contributed by atoms with Gasteiger partial charge < -0.3 is 15.5 Å². The van der Waals surface area contributed by atoms with Crippen molar-refractivity contribution < 1.29 is 4.79 Å². The SMILES string of the molecule is CC1CN(c2cc(N)c(C(=O)N(C)C)s2)CC(C)N1C. The third kappa shape index (κ3) is 2.76. The smallest absolute Gasteiger partial charge is 0.265 e. The summed E-state index contributed by atoms with van der Waals surface area (Å²) < 4.78 is 0. The molecule has 1 aliphatic heterocycles. The van der Waals surface area contributed by atoms with E-state index in [4.69, 9.17) is 5.73 Å². The summed E-state index contributed by atoms with van der Waals surface area (Å²) in [5.41, 5.74) is 6.60. The summed E-state index contributed by atoms with van der Waals surface area (Å²) in [5.74, 6) is -0.0195. The first-order valence-corrected chi connectivity index (χ1v) is 7.70. The Morgan fingerprint density at radius 1 is 1.35 bits per heavy atom. The van der Waals surface area contributed by atoms with E-state index in [-0.39, 0.29) is 5.91 Å². The molecular weight excluding hydrogens is 272 g/mol. The molecule has 5 nitrogen and oxygen atoms in total. The summed E-state index contributed by atoms with van der Waals surface area (Å²) >= 11 is 1.50. The van der Waals surface area contributed by atoms with E-state index >= 15 is 0 Å². The molecule has 0 bridgehead atoms. The fourth-order valence-electron chi connectivity index (χ4n) is 2.50. The van der Waals surface area contributed by atoms with Gasteiger partial charge in [-0.25, -0.2) is 0 Å². The standard InChI is InChI=1S/C14H24N4OS/c1-9-7-18(8-10(2)17(9)5)12-6-11(15)13(20-12)14(19)16(3)4/h6,9-10H,7-8,15H2,1-5H3. The highest BCUT2D eigenvalue weighted by Crippen LogP contribution is 2.34. The number of likely N-dealkylation sites (N-methyl/N-ethyl adjacent to an activating group) is 1. The zero-order valence-electron chi connectivity index (χ0n) is 12.9. The normalized spacial score (nSPS) is 23.9. The zero-order valence-corrected chi connectivity index (χ0v) is 13.7. The van der Waals surface area contributed by atoms with Gasteiger partial charge in [0.2, 0.25) is 0 Å². The third-order valence-corrected chi connectivity index (χ3v) is 5.22. The maximum absolute atomic E-state index is 12.1. The Hall–Kier alpha value is -1.27. The average Bonchev–Trinajstić information content (AvgIpc) is 2.76. The molecule has 6 heteroatoms. The number of hydrogen-bond acceptors (Lipinski definition) is 5.